The quantitative estimate of drug-likeness (QED) is 0.872. The van der Waals surface area contributed by atoms with Crippen LogP contribution >= 0.6 is 23.4 Å². The van der Waals surface area contributed by atoms with Crippen molar-refractivity contribution in [1.29, 1.82) is 0 Å². The van der Waals surface area contributed by atoms with Crippen molar-refractivity contribution >= 4 is 23.4 Å². The highest BCUT2D eigenvalue weighted by Gasteiger charge is 2.07. The number of benzene rings is 1. The van der Waals surface area contributed by atoms with Gasteiger partial charge in [-0.2, -0.15) is 0 Å². The third-order valence-electron chi connectivity index (χ3n) is 2.21. The molecule has 17 heavy (non-hydrogen) atoms. The van der Waals surface area contributed by atoms with Gasteiger partial charge in [-0.05, 0) is 17.7 Å². The van der Waals surface area contributed by atoms with Crippen LogP contribution in [0.5, 0.6) is 0 Å². The van der Waals surface area contributed by atoms with E-state index in [2.05, 4.69) is 10.2 Å². The van der Waals surface area contributed by atoms with Gasteiger partial charge in [-0.25, -0.2) is 14.3 Å². The second kappa shape index (κ2) is 4.93. The van der Waals surface area contributed by atoms with Crippen LogP contribution in [0, 0.1) is 5.82 Å². The molecule has 0 atom stereocenters. The number of thioether (sulfide) groups is 1. The van der Waals surface area contributed by atoms with E-state index in [0.717, 1.165) is 5.56 Å². The van der Waals surface area contributed by atoms with Crippen LogP contribution < -0.4 is 5.69 Å². The van der Waals surface area contributed by atoms with Gasteiger partial charge in [0.2, 0.25) is 0 Å². The Morgan fingerprint density at radius 2 is 2.35 bits per heavy atom. The fourth-order valence-electron chi connectivity index (χ4n) is 1.24. The minimum atomic E-state index is -0.365. The molecule has 1 N–H and O–H groups in total. The van der Waals surface area contributed by atoms with Crippen molar-refractivity contribution in [1.82, 2.24) is 14.8 Å². The lowest BCUT2D eigenvalue weighted by atomic mass is 10.2. The number of hydrogen-bond donors (Lipinski definition) is 1. The molecule has 1 aromatic heterocycles. The zero-order valence-electron chi connectivity index (χ0n) is 8.91. The van der Waals surface area contributed by atoms with E-state index >= 15 is 0 Å². The second-order valence-electron chi connectivity index (χ2n) is 3.39. The number of nitrogens with zero attached hydrogens (tertiary/aromatic N) is 2. The van der Waals surface area contributed by atoms with E-state index in [0.29, 0.717) is 15.9 Å². The van der Waals surface area contributed by atoms with Gasteiger partial charge in [0.05, 0.1) is 0 Å². The third-order valence-corrected chi connectivity index (χ3v) is 3.64. The number of rotatable bonds is 3. The maximum absolute atomic E-state index is 12.8. The highest BCUT2D eigenvalue weighted by atomic mass is 35.5. The molecule has 0 radical (unpaired) electrons. The van der Waals surface area contributed by atoms with Crippen molar-refractivity contribution in [2.75, 3.05) is 0 Å². The van der Waals surface area contributed by atoms with Crippen molar-refractivity contribution < 1.29 is 4.39 Å². The van der Waals surface area contributed by atoms with Crippen LogP contribution in [0.3, 0.4) is 0 Å². The van der Waals surface area contributed by atoms with Crippen molar-refractivity contribution in [2.24, 2.45) is 7.05 Å². The average Bonchev–Trinajstić information content (AvgIpc) is 2.59. The maximum atomic E-state index is 12.8. The van der Waals surface area contributed by atoms with Gasteiger partial charge in [0.25, 0.3) is 0 Å². The van der Waals surface area contributed by atoms with Crippen LogP contribution in [0.15, 0.2) is 28.2 Å². The first kappa shape index (κ1) is 12.2. The Balaban J connectivity index is 2.12. The van der Waals surface area contributed by atoms with E-state index in [1.807, 2.05) is 0 Å². The molecule has 0 spiro atoms. The number of halogens is 2. The monoisotopic (exact) mass is 273 g/mol. The third kappa shape index (κ3) is 2.70. The molecule has 0 saturated heterocycles. The highest BCUT2D eigenvalue weighted by Crippen LogP contribution is 2.25. The zero-order valence-corrected chi connectivity index (χ0v) is 10.5. The summed E-state index contributed by atoms with van der Waals surface area (Å²) in [5.41, 5.74) is 0.534. The largest absolute Gasteiger partial charge is 0.343 e. The molecule has 0 bridgehead atoms. The normalized spacial score (nSPS) is 10.8. The summed E-state index contributed by atoms with van der Waals surface area (Å²) >= 11 is 7.25. The fourth-order valence-corrected chi connectivity index (χ4v) is 2.48. The van der Waals surface area contributed by atoms with Crippen molar-refractivity contribution in [3.8, 4) is 0 Å². The first-order chi connectivity index (χ1) is 8.08. The molecule has 90 valence electrons. The van der Waals surface area contributed by atoms with Gasteiger partial charge in [0.1, 0.15) is 5.82 Å². The number of aromatic nitrogens is 3. The fraction of sp³-hybridized carbons (Fsp3) is 0.200. The highest BCUT2D eigenvalue weighted by molar-refractivity contribution is 7.98. The van der Waals surface area contributed by atoms with Gasteiger partial charge >= 0.3 is 5.69 Å². The first-order valence-corrected chi connectivity index (χ1v) is 6.12. The summed E-state index contributed by atoms with van der Waals surface area (Å²) in [4.78, 5) is 11.1. The van der Waals surface area contributed by atoms with Crippen LogP contribution in [-0.2, 0) is 12.8 Å². The van der Waals surface area contributed by atoms with Crippen molar-refractivity contribution in [2.45, 2.75) is 10.9 Å². The summed E-state index contributed by atoms with van der Waals surface area (Å²) in [6, 6.07) is 4.24. The van der Waals surface area contributed by atoms with Gasteiger partial charge < -0.3 is 0 Å². The standard InChI is InChI=1S/C10H9ClFN3OS/c1-15-9(16)13-14-10(15)17-5-6-2-3-7(12)4-8(6)11/h2-4H,5H2,1H3,(H,13,16). The minimum Gasteiger partial charge on any atom is -0.273 e. The van der Waals surface area contributed by atoms with Crippen molar-refractivity contribution in [3.05, 3.63) is 45.1 Å². The Kier molecular flexibility index (Phi) is 3.54. The van der Waals surface area contributed by atoms with Crippen LogP contribution in [-0.4, -0.2) is 14.8 Å². The van der Waals surface area contributed by atoms with E-state index in [-0.39, 0.29) is 11.5 Å². The number of hydrogen-bond acceptors (Lipinski definition) is 3. The molecule has 0 aliphatic carbocycles. The van der Waals surface area contributed by atoms with Crippen LogP contribution in [0.4, 0.5) is 4.39 Å². The summed E-state index contributed by atoms with van der Waals surface area (Å²) in [7, 11) is 1.63. The SMILES string of the molecule is Cn1c(SCc2ccc(F)cc2Cl)n[nH]c1=O. The number of aromatic amines is 1. The Labute approximate surface area is 106 Å². The van der Waals surface area contributed by atoms with Crippen molar-refractivity contribution in [3.63, 3.8) is 0 Å². The molecular formula is C10H9ClFN3OS. The summed E-state index contributed by atoms with van der Waals surface area (Å²) in [5.74, 6) is 0.160. The van der Waals surface area contributed by atoms with Gasteiger partial charge in [-0.3, -0.25) is 4.57 Å². The van der Waals surface area contributed by atoms with Gasteiger partial charge in [0, 0.05) is 17.8 Å². The molecular weight excluding hydrogens is 265 g/mol. The van der Waals surface area contributed by atoms with E-state index < -0.39 is 0 Å². The predicted octanol–water partition coefficient (Wildman–Crippen LogP) is 2.19. The average molecular weight is 274 g/mol. The summed E-state index contributed by atoms with van der Waals surface area (Å²) < 4.78 is 14.2. The number of H-pyrrole nitrogens is 1. The summed E-state index contributed by atoms with van der Waals surface area (Å²) in [6.45, 7) is 0. The lowest BCUT2D eigenvalue weighted by Gasteiger charge is -2.03. The topological polar surface area (TPSA) is 50.7 Å². The summed E-state index contributed by atoms with van der Waals surface area (Å²) in [5, 5.41) is 7.13. The Hall–Kier alpha value is -1.27. The zero-order chi connectivity index (χ0) is 12.4. The lowest BCUT2D eigenvalue weighted by molar-refractivity contribution is 0.627. The molecule has 7 heteroatoms. The lowest BCUT2D eigenvalue weighted by Crippen LogP contribution is -2.12. The summed E-state index contributed by atoms with van der Waals surface area (Å²) in [6.07, 6.45) is 0. The van der Waals surface area contributed by atoms with Gasteiger partial charge in [-0.15, -0.1) is 5.10 Å². The number of nitrogens with one attached hydrogen (secondary N) is 1. The Morgan fingerprint density at radius 3 is 2.94 bits per heavy atom. The molecule has 2 rings (SSSR count). The van der Waals surface area contributed by atoms with Gasteiger partial charge in [0.15, 0.2) is 5.16 Å². The van der Waals surface area contributed by atoms with Crippen LogP contribution in [0.25, 0.3) is 0 Å². The molecule has 1 aromatic carbocycles. The first-order valence-electron chi connectivity index (χ1n) is 4.76. The van der Waals surface area contributed by atoms with Crippen LogP contribution in [0.2, 0.25) is 5.02 Å². The molecule has 0 aliphatic rings. The second-order valence-corrected chi connectivity index (χ2v) is 4.74. The smallest absolute Gasteiger partial charge is 0.273 e. The Bertz CT molecular complexity index is 595. The molecule has 0 saturated carbocycles. The van der Waals surface area contributed by atoms with E-state index in [9.17, 15) is 9.18 Å². The molecule has 2 aromatic rings. The molecule has 0 fully saturated rings. The van der Waals surface area contributed by atoms with Gasteiger partial charge in [-0.1, -0.05) is 29.4 Å². The minimum absolute atomic E-state index is 0.266. The molecule has 4 nitrogen and oxygen atoms in total. The predicted molar refractivity (Wildman–Crippen MR) is 64.8 cm³/mol. The molecule has 0 amide bonds. The molecule has 0 unspecified atom stereocenters. The molecule has 1 heterocycles. The van der Waals surface area contributed by atoms with E-state index in [1.165, 1.54) is 28.5 Å². The molecule has 0 aliphatic heterocycles. The Morgan fingerprint density at radius 1 is 1.59 bits per heavy atom. The maximum Gasteiger partial charge on any atom is 0.343 e. The van der Waals surface area contributed by atoms with Crippen LogP contribution in [0.1, 0.15) is 5.56 Å². The van der Waals surface area contributed by atoms with E-state index in [4.69, 9.17) is 11.6 Å². The van der Waals surface area contributed by atoms with E-state index in [1.54, 1.807) is 13.1 Å².